The summed E-state index contributed by atoms with van der Waals surface area (Å²) in [6, 6.07) is 0. The molecule has 0 aliphatic carbocycles. The molecular weight excluding hydrogens is 210 g/mol. The van der Waals surface area contributed by atoms with Gasteiger partial charge in [0.2, 0.25) is 0 Å². The Kier molecular flexibility index (Phi) is 3.13. The summed E-state index contributed by atoms with van der Waals surface area (Å²) in [5.74, 6) is -0.664. The summed E-state index contributed by atoms with van der Waals surface area (Å²) in [6.07, 6.45) is -2.01. The molecule has 7 heteroatoms. The Morgan fingerprint density at radius 3 is 2.60 bits per heavy atom. The number of pyridine rings is 1. The van der Waals surface area contributed by atoms with Gasteiger partial charge in [-0.05, 0) is 16.8 Å². The van der Waals surface area contributed by atoms with Crippen molar-refractivity contribution in [1.82, 2.24) is 4.98 Å². The monoisotopic (exact) mass is 218 g/mol. The van der Waals surface area contributed by atoms with Gasteiger partial charge in [-0.2, -0.15) is 0 Å². The Morgan fingerprint density at radius 2 is 2.20 bits per heavy atom. The highest BCUT2D eigenvalue weighted by Crippen LogP contribution is 2.34. The van der Waals surface area contributed by atoms with Crippen LogP contribution >= 0.6 is 0 Å². The molecule has 0 bridgehead atoms. The van der Waals surface area contributed by atoms with Gasteiger partial charge in [-0.15, -0.1) is 0 Å². The molecule has 0 unspecified atom stereocenters. The average Bonchev–Trinajstić information content (AvgIpc) is 2.16. The van der Waals surface area contributed by atoms with E-state index in [1.54, 1.807) is 0 Å². The fourth-order valence-electron chi connectivity index (χ4n) is 1.21. The molecule has 0 saturated heterocycles. The molecule has 1 rings (SSSR count). The SMILES string of the molecule is COc1c(C(F)F)cnc([N+](=O)[O-])c1C. The van der Waals surface area contributed by atoms with E-state index in [4.69, 9.17) is 4.74 Å². The highest BCUT2D eigenvalue weighted by atomic mass is 19.3. The number of alkyl halides is 2. The zero-order chi connectivity index (χ0) is 11.6. The van der Waals surface area contributed by atoms with Crippen LogP contribution in [0, 0.1) is 17.0 Å². The van der Waals surface area contributed by atoms with Crippen LogP contribution in [0.5, 0.6) is 5.75 Å². The summed E-state index contributed by atoms with van der Waals surface area (Å²) in [4.78, 5) is 13.1. The van der Waals surface area contributed by atoms with Crippen molar-refractivity contribution in [3.05, 3.63) is 27.4 Å². The van der Waals surface area contributed by atoms with Gasteiger partial charge in [-0.3, -0.25) is 0 Å². The maximum absolute atomic E-state index is 12.4. The Balaban J connectivity index is 3.39. The summed E-state index contributed by atoms with van der Waals surface area (Å²) in [5.41, 5.74) is -0.444. The van der Waals surface area contributed by atoms with E-state index in [9.17, 15) is 18.9 Å². The first-order valence-electron chi connectivity index (χ1n) is 3.95. The molecule has 15 heavy (non-hydrogen) atoms. The van der Waals surface area contributed by atoms with Gasteiger partial charge < -0.3 is 14.9 Å². The maximum Gasteiger partial charge on any atom is 0.370 e. The van der Waals surface area contributed by atoms with Gasteiger partial charge in [0.1, 0.15) is 11.3 Å². The summed E-state index contributed by atoms with van der Waals surface area (Å²) >= 11 is 0. The summed E-state index contributed by atoms with van der Waals surface area (Å²) in [6.45, 7) is 1.32. The summed E-state index contributed by atoms with van der Waals surface area (Å²) in [7, 11) is 1.18. The van der Waals surface area contributed by atoms with Crippen LogP contribution in [0.25, 0.3) is 0 Å². The third-order valence-corrected chi connectivity index (χ3v) is 1.88. The Morgan fingerprint density at radius 1 is 1.60 bits per heavy atom. The standard InChI is InChI=1S/C8H8F2N2O3/c1-4-6(15-2)5(7(9)10)3-11-8(4)12(13)14/h3,7H,1-2H3. The van der Waals surface area contributed by atoms with E-state index >= 15 is 0 Å². The Bertz CT molecular complexity index is 396. The van der Waals surface area contributed by atoms with E-state index in [1.807, 2.05) is 0 Å². The molecule has 1 aromatic rings. The molecule has 0 aliphatic rings. The second-order valence-electron chi connectivity index (χ2n) is 2.75. The van der Waals surface area contributed by atoms with Crippen LogP contribution in [0.3, 0.4) is 0 Å². The maximum atomic E-state index is 12.4. The first kappa shape index (κ1) is 11.3. The van der Waals surface area contributed by atoms with Crippen molar-refractivity contribution < 1.29 is 18.4 Å². The van der Waals surface area contributed by atoms with Crippen molar-refractivity contribution in [1.29, 1.82) is 0 Å². The van der Waals surface area contributed by atoms with Gasteiger partial charge in [0.15, 0.2) is 6.20 Å². The molecule has 0 amide bonds. The van der Waals surface area contributed by atoms with Gasteiger partial charge in [0, 0.05) is 0 Å². The first-order chi connectivity index (χ1) is 6.99. The number of hydrogen-bond acceptors (Lipinski definition) is 4. The predicted octanol–water partition coefficient (Wildman–Crippen LogP) is 2.24. The lowest BCUT2D eigenvalue weighted by molar-refractivity contribution is -0.390. The molecule has 0 aliphatic heterocycles. The quantitative estimate of drug-likeness (QED) is 0.576. The molecule has 5 nitrogen and oxygen atoms in total. The predicted molar refractivity (Wildman–Crippen MR) is 47.1 cm³/mol. The lowest BCUT2D eigenvalue weighted by Gasteiger charge is -2.08. The fraction of sp³-hybridized carbons (Fsp3) is 0.375. The highest BCUT2D eigenvalue weighted by molar-refractivity contribution is 5.48. The molecule has 1 heterocycles. The third kappa shape index (κ3) is 2.00. The minimum atomic E-state index is -2.77. The second kappa shape index (κ2) is 4.16. The topological polar surface area (TPSA) is 65.3 Å². The zero-order valence-electron chi connectivity index (χ0n) is 8.03. The number of aromatic nitrogens is 1. The number of halogens is 2. The van der Waals surface area contributed by atoms with E-state index in [-0.39, 0.29) is 11.3 Å². The molecule has 0 fully saturated rings. The molecule has 82 valence electrons. The van der Waals surface area contributed by atoms with Crippen molar-refractivity contribution in [3.63, 3.8) is 0 Å². The Hall–Kier alpha value is -1.79. The van der Waals surface area contributed by atoms with Crippen LogP contribution < -0.4 is 4.74 Å². The molecule has 0 atom stereocenters. The number of hydrogen-bond donors (Lipinski definition) is 0. The molecule has 0 saturated carbocycles. The van der Waals surface area contributed by atoms with Crippen molar-refractivity contribution in [2.45, 2.75) is 13.3 Å². The van der Waals surface area contributed by atoms with Gasteiger partial charge in [-0.1, -0.05) is 0 Å². The minimum absolute atomic E-state index is 0.000278. The van der Waals surface area contributed by atoms with Crippen molar-refractivity contribution >= 4 is 5.82 Å². The number of ether oxygens (including phenoxy) is 1. The van der Waals surface area contributed by atoms with Crippen molar-refractivity contribution in [2.24, 2.45) is 0 Å². The average molecular weight is 218 g/mol. The van der Waals surface area contributed by atoms with Gasteiger partial charge in [-0.25, -0.2) is 8.78 Å². The van der Waals surface area contributed by atoms with Gasteiger partial charge >= 0.3 is 5.82 Å². The van der Waals surface area contributed by atoms with E-state index in [0.29, 0.717) is 0 Å². The molecule has 0 aromatic carbocycles. The van der Waals surface area contributed by atoms with Crippen molar-refractivity contribution in [2.75, 3.05) is 7.11 Å². The van der Waals surface area contributed by atoms with Crippen LogP contribution in [-0.4, -0.2) is 17.0 Å². The van der Waals surface area contributed by atoms with Crippen LogP contribution in [-0.2, 0) is 0 Å². The lowest BCUT2D eigenvalue weighted by Crippen LogP contribution is -2.02. The number of nitro groups is 1. The van der Waals surface area contributed by atoms with Gasteiger partial charge in [0.25, 0.3) is 6.43 Å². The van der Waals surface area contributed by atoms with E-state index in [1.165, 1.54) is 14.0 Å². The van der Waals surface area contributed by atoms with E-state index in [2.05, 4.69) is 4.98 Å². The normalized spacial score (nSPS) is 10.5. The second-order valence-corrected chi connectivity index (χ2v) is 2.75. The summed E-state index contributed by atoms with van der Waals surface area (Å²) < 4.78 is 29.6. The van der Waals surface area contributed by atoms with Crippen molar-refractivity contribution in [3.8, 4) is 5.75 Å². The molecule has 0 N–H and O–H groups in total. The third-order valence-electron chi connectivity index (χ3n) is 1.88. The molecular formula is C8H8F2N2O3. The number of rotatable bonds is 3. The molecule has 0 radical (unpaired) electrons. The van der Waals surface area contributed by atoms with Crippen LogP contribution in [0.1, 0.15) is 17.6 Å². The smallest absolute Gasteiger partial charge is 0.370 e. The molecule has 0 spiro atoms. The highest BCUT2D eigenvalue weighted by Gasteiger charge is 2.24. The number of methoxy groups -OCH3 is 1. The zero-order valence-corrected chi connectivity index (χ0v) is 8.03. The van der Waals surface area contributed by atoms with Crippen LogP contribution in [0.4, 0.5) is 14.6 Å². The van der Waals surface area contributed by atoms with E-state index < -0.39 is 22.7 Å². The lowest BCUT2D eigenvalue weighted by atomic mass is 10.2. The van der Waals surface area contributed by atoms with Gasteiger partial charge in [0.05, 0.1) is 12.7 Å². The first-order valence-corrected chi connectivity index (χ1v) is 3.95. The largest absolute Gasteiger partial charge is 0.495 e. The minimum Gasteiger partial charge on any atom is -0.495 e. The fourth-order valence-corrected chi connectivity index (χ4v) is 1.21. The Labute approximate surface area is 83.8 Å². The van der Waals surface area contributed by atoms with Crippen LogP contribution in [0.2, 0.25) is 0 Å². The van der Waals surface area contributed by atoms with Crippen LogP contribution in [0.15, 0.2) is 6.20 Å². The molecule has 1 aromatic heterocycles. The number of nitrogens with zero attached hydrogens (tertiary/aromatic N) is 2. The summed E-state index contributed by atoms with van der Waals surface area (Å²) in [5, 5.41) is 10.5. The van der Waals surface area contributed by atoms with E-state index in [0.717, 1.165) is 6.20 Å².